The van der Waals surface area contributed by atoms with Crippen molar-refractivity contribution in [3.8, 4) is 96.0 Å². The third-order valence-corrected chi connectivity index (χ3v) is 12.8. The molecule has 12 rings (SSSR count). The van der Waals surface area contributed by atoms with Crippen molar-refractivity contribution in [2.24, 2.45) is 0 Å². The van der Waals surface area contributed by atoms with Crippen molar-refractivity contribution < 1.29 is 0 Å². The predicted octanol–water partition coefficient (Wildman–Crippen LogP) is 15.7. The molecule has 0 saturated heterocycles. The van der Waals surface area contributed by atoms with Crippen molar-refractivity contribution in [2.45, 2.75) is 13.8 Å². The van der Waals surface area contributed by atoms with Crippen molar-refractivity contribution >= 4 is 21.8 Å². The van der Waals surface area contributed by atoms with Crippen LogP contribution in [0.3, 0.4) is 0 Å². The van der Waals surface area contributed by atoms with Gasteiger partial charge in [0.25, 0.3) is 0 Å². The number of aromatic nitrogens is 6. The van der Waals surface area contributed by atoms with E-state index in [-0.39, 0.29) is 0 Å². The molecule has 0 aliphatic carbocycles. The van der Waals surface area contributed by atoms with Gasteiger partial charge in [0, 0.05) is 44.2 Å². The Labute approximate surface area is 401 Å². The molecule has 3 aromatic heterocycles. The van der Waals surface area contributed by atoms with Crippen LogP contribution in [0.1, 0.15) is 11.1 Å². The van der Waals surface area contributed by atoms with Crippen LogP contribution in [-0.2, 0) is 0 Å². The Bertz CT molecular complexity index is 3590. The summed E-state index contributed by atoms with van der Waals surface area (Å²) >= 11 is 0. The number of aryl methyl sites for hydroxylation is 2. The first kappa shape index (κ1) is 41.3. The van der Waals surface area contributed by atoms with Crippen LogP contribution in [0.25, 0.3) is 118 Å². The van der Waals surface area contributed by atoms with Crippen LogP contribution in [0.5, 0.6) is 0 Å². The van der Waals surface area contributed by atoms with E-state index < -0.39 is 0 Å². The summed E-state index contributed by atoms with van der Waals surface area (Å²) in [6.07, 6.45) is 0. The first-order valence-electron chi connectivity index (χ1n) is 23.2. The van der Waals surface area contributed by atoms with E-state index in [2.05, 4.69) is 164 Å². The smallest absolute Gasteiger partial charge is 0.164 e. The van der Waals surface area contributed by atoms with Gasteiger partial charge >= 0.3 is 0 Å². The quantitative estimate of drug-likeness (QED) is 0.144. The topological polar surface area (TPSA) is 69.4 Å². The molecule has 0 unspecified atom stereocenters. The highest BCUT2D eigenvalue weighted by Gasteiger charge is 2.22. The van der Waals surface area contributed by atoms with Gasteiger partial charge in [0.05, 0.1) is 28.1 Å². The van der Waals surface area contributed by atoms with Gasteiger partial charge in [-0.1, -0.05) is 205 Å². The zero-order chi connectivity index (χ0) is 46.3. The lowest BCUT2D eigenvalue weighted by Crippen LogP contribution is -2.03. The summed E-state index contributed by atoms with van der Waals surface area (Å²) in [6, 6.07) is 80.7. The van der Waals surface area contributed by atoms with Gasteiger partial charge in [0.1, 0.15) is 0 Å². The van der Waals surface area contributed by atoms with Gasteiger partial charge in [-0.2, -0.15) is 0 Å². The molecule has 0 radical (unpaired) electrons. The van der Waals surface area contributed by atoms with Crippen molar-refractivity contribution in [3.05, 3.63) is 242 Å². The summed E-state index contributed by atoms with van der Waals surface area (Å²) in [5.41, 5.74) is 17.2. The predicted molar refractivity (Wildman–Crippen MR) is 283 cm³/mol. The SMILES string of the molecule is Cc1ccc(-c2ccc3c4ccc(-c5ccc(C)cc5)cc4n(-c4ccc(-c5nc(-c6ccccc6)nc(-c6ccccc6)n5)cc4-c4cc(-c5ccccc5)nc(-c5ccccc5)n4)c3c2)cc1. The first-order chi connectivity index (χ1) is 34.0. The van der Waals surface area contributed by atoms with Crippen molar-refractivity contribution in [1.29, 1.82) is 0 Å². The van der Waals surface area contributed by atoms with E-state index in [1.807, 2.05) is 84.9 Å². The van der Waals surface area contributed by atoms with E-state index in [0.717, 1.165) is 94.5 Å². The molecule has 0 fully saturated rings. The second kappa shape index (κ2) is 17.6. The maximum atomic E-state index is 5.46. The normalized spacial score (nSPS) is 11.3. The van der Waals surface area contributed by atoms with Crippen molar-refractivity contribution in [2.75, 3.05) is 0 Å². The number of benzene rings is 9. The van der Waals surface area contributed by atoms with Crippen LogP contribution in [0.2, 0.25) is 0 Å². The van der Waals surface area contributed by atoms with Crippen LogP contribution in [0.15, 0.2) is 231 Å². The highest BCUT2D eigenvalue weighted by Crippen LogP contribution is 2.41. The molecule has 0 aliphatic rings. The van der Waals surface area contributed by atoms with E-state index in [9.17, 15) is 0 Å². The first-order valence-corrected chi connectivity index (χ1v) is 23.2. The summed E-state index contributed by atoms with van der Waals surface area (Å²) < 4.78 is 2.42. The minimum Gasteiger partial charge on any atom is -0.309 e. The van der Waals surface area contributed by atoms with E-state index in [1.165, 1.54) is 11.1 Å². The molecule has 0 aliphatic heterocycles. The third-order valence-electron chi connectivity index (χ3n) is 12.8. The molecule has 69 heavy (non-hydrogen) atoms. The summed E-state index contributed by atoms with van der Waals surface area (Å²) in [5.74, 6) is 2.38. The number of fused-ring (bicyclic) bond motifs is 3. The van der Waals surface area contributed by atoms with Crippen molar-refractivity contribution in [1.82, 2.24) is 29.5 Å². The molecule has 9 aromatic carbocycles. The molecule has 6 nitrogen and oxygen atoms in total. The minimum absolute atomic E-state index is 0.557. The van der Waals surface area contributed by atoms with E-state index in [0.29, 0.717) is 23.3 Å². The van der Waals surface area contributed by atoms with E-state index >= 15 is 0 Å². The van der Waals surface area contributed by atoms with Crippen LogP contribution in [0.4, 0.5) is 0 Å². The standard InChI is InChI=1S/C63H44N6/c1-41-23-27-43(28-24-41)49-31-34-52-53-35-32-50(44-29-25-42(2)26-30-44)39-59(53)69(58(52)38-49)57-36-33-51(63-67-61(47-19-11-5-12-20-47)66-62(68-63)48-21-13-6-14-22-48)37-54(57)56-40-55(45-15-7-3-8-16-45)64-60(65-56)46-17-9-4-10-18-46/h3-40H,1-2H3. The average molecular weight is 885 g/mol. The highest BCUT2D eigenvalue weighted by molar-refractivity contribution is 6.11. The molecule has 12 aromatic rings. The fourth-order valence-electron chi connectivity index (χ4n) is 9.20. The lowest BCUT2D eigenvalue weighted by atomic mass is 10.0. The van der Waals surface area contributed by atoms with Gasteiger partial charge in [0.15, 0.2) is 23.3 Å². The second-order valence-corrected chi connectivity index (χ2v) is 17.5. The Morgan fingerprint density at radius 1 is 0.275 bits per heavy atom. The van der Waals surface area contributed by atoms with Gasteiger partial charge in [0.2, 0.25) is 0 Å². The summed E-state index contributed by atoms with van der Waals surface area (Å²) in [6.45, 7) is 4.26. The second-order valence-electron chi connectivity index (χ2n) is 17.5. The average Bonchev–Trinajstić information content (AvgIpc) is 3.74. The molecule has 3 heterocycles. The third kappa shape index (κ3) is 8.04. The molecule has 0 spiro atoms. The minimum atomic E-state index is 0.557. The van der Waals surface area contributed by atoms with Gasteiger partial charge in [-0.25, -0.2) is 24.9 Å². The summed E-state index contributed by atoms with van der Waals surface area (Å²) in [4.78, 5) is 26.1. The fraction of sp³-hybridized carbons (Fsp3) is 0.0317. The fourth-order valence-corrected chi connectivity index (χ4v) is 9.20. The van der Waals surface area contributed by atoms with Gasteiger partial charge in [-0.05, 0) is 72.5 Å². The lowest BCUT2D eigenvalue weighted by molar-refractivity contribution is 1.07. The van der Waals surface area contributed by atoms with Crippen LogP contribution in [0, 0.1) is 13.8 Å². The Balaban J connectivity index is 1.17. The maximum absolute atomic E-state index is 5.46. The molecular formula is C63H44N6. The lowest BCUT2D eigenvalue weighted by Gasteiger charge is -2.17. The summed E-state index contributed by atoms with van der Waals surface area (Å²) in [7, 11) is 0. The summed E-state index contributed by atoms with van der Waals surface area (Å²) in [5, 5.41) is 2.31. The van der Waals surface area contributed by atoms with Crippen molar-refractivity contribution in [3.63, 3.8) is 0 Å². The number of hydrogen-bond donors (Lipinski definition) is 0. The van der Waals surface area contributed by atoms with E-state index in [1.54, 1.807) is 0 Å². The zero-order valence-electron chi connectivity index (χ0n) is 38.1. The monoisotopic (exact) mass is 884 g/mol. The van der Waals surface area contributed by atoms with Gasteiger partial charge in [-0.15, -0.1) is 0 Å². The molecule has 326 valence electrons. The van der Waals surface area contributed by atoms with Gasteiger partial charge in [-0.3, -0.25) is 0 Å². The number of hydrogen-bond acceptors (Lipinski definition) is 5. The maximum Gasteiger partial charge on any atom is 0.164 e. The van der Waals surface area contributed by atoms with E-state index in [4.69, 9.17) is 24.9 Å². The number of rotatable bonds is 9. The number of nitrogens with zero attached hydrogens (tertiary/aromatic N) is 6. The molecule has 0 amide bonds. The molecule has 0 bridgehead atoms. The Morgan fingerprint density at radius 3 is 1.12 bits per heavy atom. The largest absolute Gasteiger partial charge is 0.309 e. The van der Waals surface area contributed by atoms with Crippen LogP contribution >= 0.6 is 0 Å². The molecule has 6 heteroatoms. The van der Waals surface area contributed by atoms with Crippen LogP contribution in [-0.4, -0.2) is 29.5 Å². The highest BCUT2D eigenvalue weighted by atomic mass is 15.0. The molecule has 0 N–H and O–H groups in total. The Hall–Kier alpha value is -9.13. The Morgan fingerprint density at radius 2 is 0.652 bits per heavy atom. The Kier molecular flexibility index (Phi) is 10.5. The zero-order valence-corrected chi connectivity index (χ0v) is 38.1. The van der Waals surface area contributed by atoms with Gasteiger partial charge < -0.3 is 4.57 Å². The van der Waals surface area contributed by atoms with Crippen LogP contribution < -0.4 is 0 Å². The molecule has 0 saturated carbocycles. The molecule has 0 atom stereocenters. The molecular weight excluding hydrogens is 841 g/mol.